The number of hydrogen-bond donors (Lipinski definition) is 1. The second-order valence-corrected chi connectivity index (χ2v) is 12.0. The van der Waals surface area contributed by atoms with Gasteiger partial charge >= 0.3 is 0 Å². The Hall–Kier alpha value is -2.31. The third-order valence-corrected chi connectivity index (χ3v) is 9.06. The highest BCUT2D eigenvalue weighted by Crippen LogP contribution is 2.35. The van der Waals surface area contributed by atoms with E-state index in [9.17, 15) is 22.0 Å². The summed E-state index contributed by atoms with van der Waals surface area (Å²) < 4.78 is 56.9. The van der Waals surface area contributed by atoms with E-state index in [0.717, 1.165) is 35.5 Å². The van der Waals surface area contributed by atoms with E-state index < -0.39 is 32.6 Å². The zero-order chi connectivity index (χ0) is 25.6. The summed E-state index contributed by atoms with van der Waals surface area (Å²) in [4.78, 5) is 19.2. The van der Waals surface area contributed by atoms with Crippen LogP contribution in [0.5, 0.6) is 0 Å². The fourth-order valence-corrected chi connectivity index (χ4v) is 7.27. The molecule has 2 saturated heterocycles. The predicted octanol–water partition coefficient (Wildman–Crippen LogP) is 5.12. The van der Waals surface area contributed by atoms with Crippen molar-refractivity contribution in [1.82, 2.24) is 9.88 Å². The Morgan fingerprint density at radius 1 is 1.03 bits per heavy atom. The Morgan fingerprint density at radius 3 is 2.36 bits per heavy atom. The monoisotopic (exact) mass is 572 g/mol. The normalized spacial score (nSPS) is 20.9. The Balaban J connectivity index is 1.32. The molecule has 1 amide bonds. The molecule has 0 bridgehead atoms. The second-order valence-electron chi connectivity index (χ2n) is 8.66. The first kappa shape index (κ1) is 25.3. The van der Waals surface area contributed by atoms with E-state index in [2.05, 4.69) is 14.6 Å². The fourth-order valence-electron chi connectivity index (χ4n) is 4.81. The van der Waals surface area contributed by atoms with E-state index in [1.807, 2.05) is 12.1 Å². The average Bonchev–Trinajstić information content (AvgIpc) is 3.53. The third-order valence-electron chi connectivity index (χ3n) is 6.41. The van der Waals surface area contributed by atoms with Crippen LogP contribution >= 0.6 is 34.5 Å². The van der Waals surface area contributed by atoms with Gasteiger partial charge in [0, 0.05) is 40.4 Å². The summed E-state index contributed by atoms with van der Waals surface area (Å²) in [5.41, 5.74) is 0.979. The van der Waals surface area contributed by atoms with Gasteiger partial charge in [-0.15, -0.1) is 11.3 Å². The predicted molar refractivity (Wildman–Crippen MR) is 135 cm³/mol. The van der Waals surface area contributed by atoms with Crippen LogP contribution in [0.25, 0.3) is 0 Å². The van der Waals surface area contributed by atoms with Crippen molar-refractivity contribution in [2.45, 2.75) is 29.7 Å². The lowest BCUT2D eigenvalue weighted by Crippen LogP contribution is -2.40. The van der Waals surface area contributed by atoms with E-state index in [0.29, 0.717) is 29.6 Å². The van der Waals surface area contributed by atoms with Crippen LogP contribution in [0.2, 0.25) is 10.0 Å². The summed E-state index contributed by atoms with van der Waals surface area (Å²) in [6.45, 7) is 1.57. The van der Waals surface area contributed by atoms with E-state index in [4.69, 9.17) is 23.2 Å². The number of carbonyl (C=O) groups is 1. The number of carbonyl (C=O) groups excluding carboxylic acids is 1. The molecule has 13 heteroatoms. The van der Waals surface area contributed by atoms with Crippen LogP contribution in [0.1, 0.15) is 24.3 Å². The Morgan fingerprint density at radius 2 is 1.72 bits per heavy atom. The highest BCUT2D eigenvalue weighted by Gasteiger charge is 2.40. The summed E-state index contributed by atoms with van der Waals surface area (Å²) in [7, 11) is -4.54. The number of thiazole rings is 1. The zero-order valence-corrected chi connectivity index (χ0v) is 21.8. The average molecular weight is 573 g/mol. The van der Waals surface area contributed by atoms with Crippen molar-refractivity contribution < 1.29 is 22.0 Å². The smallest absolute Gasteiger partial charge is 0.269 e. The molecule has 3 heterocycles. The quantitative estimate of drug-likeness (QED) is 0.443. The first-order valence-electron chi connectivity index (χ1n) is 11.0. The van der Waals surface area contributed by atoms with E-state index in [1.54, 1.807) is 6.07 Å². The van der Waals surface area contributed by atoms with Crippen molar-refractivity contribution >= 4 is 61.3 Å². The molecule has 36 heavy (non-hydrogen) atoms. The lowest BCUT2D eigenvalue weighted by atomic mass is 9.98. The second kappa shape index (κ2) is 9.86. The minimum atomic E-state index is -4.54. The van der Waals surface area contributed by atoms with Gasteiger partial charge in [0.2, 0.25) is 5.91 Å². The number of benzene rings is 2. The molecule has 190 valence electrons. The number of likely N-dealkylation sites (tertiary alicyclic amines) is 1. The molecular weight excluding hydrogens is 553 g/mol. The number of amides is 1. The molecule has 2 aliphatic heterocycles. The number of sulfonamides is 1. The SMILES string of the molecule is O=C1[C@@H](N2CCC(c3cc(Cl)cc(Cl)c3)C2)CCN1c1cc(F)c(S(=O)(=O)Nc2nccs2)c(F)c1. The van der Waals surface area contributed by atoms with Gasteiger partial charge in [-0.05, 0) is 61.2 Å². The van der Waals surface area contributed by atoms with Crippen molar-refractivity contribution in [3.05, 3.63) is 69.2 Å². The van der Waals surface area contributed by atoms with Crippen molar-refractivity contribution in [1.29, 1.82) is 0 Å². The molecule has 2 fully saturated rings. The number of nitrogens with one attached hydrogen (secondary N) is 1. The molecule has 0 aliphatic carbocycles. The van der Waals surface area contributed by atoms with E-state index in [1.165, 1.54) is 16.5 Å². The standard InChI is InChI=1S/C23H20Cl2F2N4O3S2/c24-15-7-14(8-16(25)9-15)13-1-4-30(12-13)20-2-5-31(22(20)32)17-10-18(26)21(19(27)11-17)36(33,34)29-23-28-3-6-35-23/h3,6-11,13,20H,1-2,4-5,12H2,(H,28,29)/t13?,20-/m0/s1. The molecule has 1 N–H and O–H groups in total. The van der Waals surface area contributed by atoms with Gasteiger partial charge in [0.1, 0.15) is 11.6 Å². The van der Waals surface area contributed by atoms with Crippen LogP contribution < -0.4 is 9.62 Å². The maximum atomic E-state index is 14.9. The fraction of sp³-hybridized carbons (Fsp3) is 0.304. The van der Waals surface area contributed by atoms with Crippen LogP contribution in [-0.4, -0.2) is 49.9 Å². The van der Waals surface area contributed by atoms with E-state index >= 15 is 0 Å². The minimum Gasteiger partial charge on any atom is -0.311 e. The number of hydrogen-bond acceptors (Lipinski definition) is 6. The number of halogens is 4. The first-order chi connectivity index (χ1) is 17.1. The van der Waals surface area contributed by atoms with Gasteiger partial charge in [0.15, 0.2) is 10.0 Å². The third kappa shape index (κ3) is 4.95. The number of anilines is 2. The summed E-state index contributed by atoms with van der Waals surface area (Å²) in [5, 5.41) is 2.61. The van der Waals surface area contributed by atoms with Gasteiger partial charge in [-0.25, -0.2) is 22.2 Å². The molecule has 0 saturated carbocycles. The van der Waals surface area contributed by atoms with Gasteiger partial charge in [-0.1, -0.05) is 23.2 Å². The summed E-state index contributed by atoms with van der Waals surface area (Å²) in [6.07, 6.45) is 2.67. The molecule has 2 aromatic carbocycles. The van der Waals surface area contributed by atoms with Crippen LogP contribution in [0.4, 0.5) is 19.6 Å². The highest BCUT2D eigenvalue weighted by atomic mass is 35.5. The van der Waals surface area contributed by atoms with Gasteiger partial charge in [-0.2, -0.15) is 0 Å². The van der Waals surface area contributed by atoms with Crippen molar-refractivity contribution in [2.24, 2.45) is 0 Å². The lowest BCUT2D eigenvalue weighted by molar-refractivity contribution is -0.121. The summed E-state index contributed by atoms with van der Waals surface area (Å²) in [6, 6.07) is 6.72. The molecule has 3 aromatic rings. The molecule has 2 atom stereocenters. The molecule has 1 aromatic heterocycles. The summed E-state index contributed by atoms with van der Waals surface area (Å²) >= 11 is 13.3. The minimum absolute atomic E-state index is 0.0144. The van der Waals surface area contributed by atoms with Gasteiger partial charge in [0.05, 0.1) is 6.04 Å². The Bertz CT molecular complexity index is 1380. The zero-order valence-electron chi connectivity index (χ0n) is 18.6. The molecule has 7 nitrogen and oxygen atoms in total. The number of aromatic nitrogens is 1. The van der Waals surface area contributed by atoms with Gasteiger partial charge < -0.3 is 4.90 Å². The molecule has 5 rings (SSSR count). The first-order valence-corrected chi connectivity index (χ1v) is 14.2. The number of nitrogens with zero attached hydrogens (tertiary/aromatic N) is 3. The summed E-state index contributed by atoms with van der Waals surface area (Å²) in [5.74, 6) is -2.70. The van der Waals surface area contributed by atoms with Crippen molar-refractivity contribution in [2.75, 3.05) is 29.3 Å². The lowest BCUT2D eigenvalue weighted by Gasteiger charge is -2.24. The van der Waals surface area contributed by atoms with Crippen LogP contribution in [0, 0.1) is 11.6 Å². The van der Waals surface area contributed by atoms with Crippen LogP contribution in [-0.2, 0) is 14.8 Å². The van der Waals surface area contributed by atoms with Crippen LogP contribution in [0.3, 0.4) is 0 Å². The Labute approximate surface area is 220 Å². The van der Waals surface area contributed by atoms with Crippen LogP contribution in [0.15, 0.2) is 46.8 Å². The van der Waals surface area contributed by atoms with Crippen molar-refractivity contribution in [3.8, 4) is 0 Å². The molecule has 0 radical (unpaired) electrons. The largest absolute Gasteiger partial charge is 0.311 e. The maximum absolute atomic E-state index is 14.9. The Kier molecular flexibility index (Phi) is 6.94. The topological polar surface area (TPSA) is 82.6 Å². The molecule has 0 spiro atoms. The number of rotatable bonds is 6. The maximum Gasteiger partial charge on any atom is 0.269 e. The van der Waals surface area contributed by atoms with Crippen molar-refractivity contribution in [3.63, 3.8) is 0 Å². The van der Waals surface area contributed by atoms with Gasteiger partial charge in [0.25, 0.3) is 10.0 Å². The van der Waals surface area contributed by atoms with E-state index in [-0.39, 0.29) is 29.2 Å². The molecule has 1 unspecified atom stereocenters. The molecular formula is C23H20Cl2F2N4O3S2. The highest BCUT2D eigenvalue weighted by molar-refractivity contribution is 7.93. The van der Waals surface area contributed by atoms with Gasteiger partial charge in [-0.3, -0.25) is 14.4 Å². The molecule has 2 aliphatic rings.